The number of hydrogen-bond donors (Lipinski definition) is 1. The molecule has 5 heteroatoms. The summed E-state index contributed by atoms with van der Waals surface area (Å²) in [4.78, 5) is 29.3. The third-order valence-corrected chi connectivity index (χ3v) is 5.66. The van der Waals surface area contributed by atoms with Crippen LogP contribution in [0.25, 0.3) is 0 Å². The molecule has 2 fully saturated rings. The van der Waals surface area contributed by atoms with E-state index in [4.69, 9.17) is 0 Å². The van der Waals surface area contributed by atoms with Crippen LogP contribution in [0, 0.1) is 11.8 Å². The molecular formula is C19H35N3O2. The molecule has 1 heterocycles. The molecule has 1 aliphatic carbocycles. The molecule has 0 aromatic carbocycles. The van der Waals surface area contributed by atoms with E-state index >= 15 is 0 Å². The summed E-state index contributed by atoms with van der Waals surface area (Å²) < 4.78 is 0. The largest absolute Gasteiger partial charge is 0.356 e. The minimum absolute atomic E-state index is 0.118. The van der Waals surface area contributed by atoms with Gasteiger partial charge in [-0.3, -0.25) is 9.59 Å². The van der Waals surface area contributed by atoms with Crippen LogP contribution in [0.15, 0.2) is 0 Å². The van der Waals surface area contributed by atoms with E-state index in [2.05, 4.69) is 24.1 Å². The fourth-order valence-corrected chi connectivity index (χ4v) is 3.88. The molecule has 0 radical (unpaired) electrons. The summed E-state index contributed by atoms with van der Waals surface area (Å²) >= 11 is 0. The van der Waals surface area contributed by atoms with E-state index in [0.29, 0.717) is 5.91 Å². The average molecular weight is 338 g/mol. The Morgan fingerprint density at radius 3 is 2.12 bits per heavy atom. The zero-order valence-electron chi connectivity index (χ0n) is 15.6. The molecule has 1 aliphatic heterocycles. The molecule has 1 N–H and O–H groups in total. The number of nitrogens with zero attached hydrogens (tertiary/aromatic N) is 2. The molecule has 1 saturated carbocycles. The first-order valence-corrected chi connectivity index (χ1v) is 9.94. The molecule has 0 atom stereocenters. The lowest BCUT2D eigenvalue weighted by Crippen LogP contribution is -2.50. The quantitative estimate of drug-likeness (QED) is 0.725. The Kier molecular flexibility index (Phi) is 8.03. The average Bonchev–Trinajstić information content (AvgIpc) is 2.64. The third kappa shape index (κ3) is 5.47. The molecule has 0 bridgehead atoms. The second kappa shape index (κ2) is 10.0. The normalized spacial score (nSPS) is 25.5. The van der Waals surface area contributed by atoms with Gasteiger partial charge in [-0.25, -0.2) is 0 Å². The lowest BCUT2D eigenvalue weighted by Gasteiger charge is -2.37. The predicted octanol–water partition coefficient (Wildman–Crippen LogP) is 2.26. The molecule has 2 amide bonds. The number of carbonyl (C=O) groups is 2. The summed E-state index contributed by atoms with van der Waals surface area (Å²) in [5, 5.41) is 3.07. The van der Waals surface area contributed by atoms with Gasteiger partial charge in [-0.15, -0.1) is 0 Å². The molecule has 24 heavy (non-hydrogen) atoms. The maximum absolute atomic E-state index is 12.7. The molecule has 1 saturated heterocycles. The van der Waals surface area contributed by atoms with Gasteiger partial charge in [0.2, 0.25) is 11.8 Å². The van der Waals surface area contributed by atoms with E-state index in [1.54, 1.807) is 0 Å². The van der Waals surface area contributed by atoms with Crippen molar-refractivity contribution in [2.75, 3.05) is 39.3 Å². The fourth-order valence-electron chi connectivity index (χ4n) is 3.88. The number of hydrogen-bond acceptors (Lipinski definition) is 3. The summed E-state index contributed by atoms with van der Waals surface area (Å²) in [5.41, 5.74) is 0. The molecule has 2 rings (SSSR count). The maximum Gasteiger partial charge on any atom is 0.225 e. The summed E-state index contributed by atoms with van der Waals surface area (Å²) in [6, 6.07) is 0. The monoisotopic (exact) mass is 337 g/mol. The minimum Gasteiger partial charge on any atom is -0.356 e. The van der Waals surface area contributed by atoms with Crippen LogP contribution in [0.2, 0.25) is 0 Å². The van der Waals surface area contributed by atoms with Crippen molar-refractivity contribution in [3.8, 4) is 0 Å². The zero-order valence-corrected chi connectivity index (χ0v) is 15.6. The van der Waals surface area contributed by atoms with Crippen LogP contribution < -0.4 is 5.32 Å². The van der Waals surface area contributed by atoms with Crippen LogP contribution in [0.5, 0.6) is 0 Å². The van der Waals surface area contributed by atoms with Crippen molar-refractivity contribution < 1.29 is 9.59 Å². The van der Waals surface area contributed by atoms with Crippen LogP contribution >= 0.6 is 0 Å². The number of unbranched alkanes of at least 4 members (excludes halogenated alkanes) is 2. The fraction of sp³-hybridized carbons (Fsp3) is 0.895. The first kappa shape index (κ1) is 19.2. The van der Waals surface area contributed by atoms with Crippen molar-refractivity contribution in [2.45, 2.75) is 58.8 Å². The number of piperazine rings is 1. The van der Waals surface area contributed by atoms with E-state index < -0.39 is 0 Å². The van der Waals surface area contributed by atoms with Crippen LogP contribution in [0.4, 0.5) is 0 Å². The minimum atomic E-state index is 0.118. The number of nitrogens with one attached hydrogen (secondary N) is 1. The first-order chi connectivity index (χ1) is 11.7. The van der Waals surface area contributed by atoms with Gasteiger partial charge in [-0.1, -0.05) is 26.7 Å². The molecular weight excluding hydrogens is 302 g/mol. The molecule has 0 spiro atoms. The van der Waals surface area contributed by atoms with Crippen molar-refractivity contribution in [2.24, 2.45) is 11.8 Å². The van der Waals surface area contributed by atoms with E-state index in [9.17, 15) is 9.59 Å². The topological polar surface area (TPSA) is 52.7 Å². The zero-order chi connectivity index (χ0) is 17.4. The Balaban J connectivity index is 1.68. The number of carbonyl (C=O) groups excluding carboxylic acids is 2. The van der Waals surface area contributed by atoms with Gasteiger partial charge in [0.15, 0.2) is 0 Å². The van der Waals surface area contributed by atoms with E-state index in [0.717, 1.165) is 71.4 Å². The Hall–Kier alpha value is -1.10. The van der Waals surface area contributed by atoms with E-state index in [-0.39, 0.29) is 17.7 Å². The van der Waals surface area contributed by atoms with Gasteiger partial charge in [0.05, 0.1) is 0 Å². The van der Waals surface area contributed by atoms with E-state index in [1.165, 1.54) is 12.8 Å². The number of amides is 2. The lowest BCUT2D eigenvalue weighted by atomic mass is 9.81. The van der Waals surface area contributed by atoms with Crippen LogP contribution in [-0.2, 0) is 9.59 Å². The summed E-state index contributed by atoms with van der Waals surface area (Å²) in [6.07, 6.45) is 6.90. The lowest BCUT2D eigenvalue weighted by molar-refractivity contribution is -0.140. The standard InChI is InChI=1S/C19H35N3O2/c1-3-5-6-11-20-18(23)16-7-9-17(10-8-16)19(24)22-14-12-21(4-2)13-15-22/h16-17H,3-15H2,1-2H3,(H,20,23). The smallest absolute Gasteiger partial charge is 0.225 e. The van der Waals surface area contributed by atoms with E-state index in [1.807, 2.05) is 4.90 Å². The van der Waals surface area contributed by atoms with Gasteiger partial charge >= 0.3 is 0 Å². The van der Waals surface area contributed by atoms with Gasteiger partial charge in [0.25, 0.3) is 0 Å². The Labute approximate surface area is 147 Å². The van der Waals surface area contributed by atoms with Gasteiger partial charge in [-0.05, 0) is 38.6 Å². The molecule has 5 nitrogen and oxygen atoms in total. The van der Waals surface area contributed by atoms with Gasteiger partial charge in [0, 0.05) is 44.6 Å². The van der Waals surface area contributed by atoms with Crippen molar-refractivity contribution in [1.29, 1.82) is 0 Å². The van der Waals surface area contributed by atoms with Gasteiger partial charge in [-0.2, -0.15) is 0 Å². The number of rotatable bonds is 7. The third-order valence-electron chi connectivity index (χ3n) is 5.66. The van der Waals surface area contributed by atoms with Gasteiger partial charge in [0.1, 0.15) is 0 Å². The molecule has 0 aromatic rings. The van der Waals surface area contributed by atoms with Gasteiger partial charge < -0.3 is 15.1 Å². The maximum atomic E-state index is 12.7. The highest BCUT2D eigenvalue weighted by Crippen LogP contribution is 2.30. The second-order valence-corrected chi connectivity index (χ2v) is 7.31. The van der Waals surface area contributed by atoms with Crippen molar-refractivity contribution >= 4 is 11.8 Å². The molecule has 2 aliphatic rings. The summed E-state index contributed by atoms with van der Waals surface area (Å²) in [6.45, 7) is 9.94. The second-order valence-electron chi connectivity index (χ2n) is 7.31. The highest BCUT2D eigenvalue weighted by Gasteiger charge is 2.32. The first-order valence-electron chi connectivity index (χ1n) is 9.94. The Bertz CT molecular complexity index is 397. The van der Waals surface area contributed by atoms with Crippen molar-refractivity contribution in [3.63, 3.8) is 0 Å². The number of likely N-dealkylation sites (N-methyl/N-ethyl adjacent to an activating group) is 1. The Morgan fingerprint density at radius 1 is 0.917 bits per heavy atom. The SMILES string of the molecule is CCCCCNC(=O)C1CCC(C(=O)N2CCN(CC)CC2)CC1. The predicted molar refractivity (Wildman–Crippen MR) is 96.7 cm³/mol. The van der Waals surface area contributed by atoms with Crippen molar-refractivity contribution in [1.82, 2.24) is 15.1 Å². The van der Waals surface area contributed by atoms with Crippen LogP contribution in [-0.4, -0.2) is 60.9 Å². The summed E-state index contributed by atoms with van der Waals surface area (Å²) in [7, 11) is 0. The molecule has 0 aromatic heterocycles. The molecule has 0 unspecified atom stereocenters. The van der Waals surface area contributed by atoms with Crippen molar-refractivity contribution in [3.05, 3.63) is 0 Å². The summed E-state index contributed by atoms with van der Waals surface area (Å²) in [5.74, 6) is 0.788. The highest BCUT2D eigenvalue weighted by atomic mass is 16.2. The Morgan fingerprint density at radius 2 is 1.54 bits per heavy atom. The van der Waals surface area contributed by atoms with Crippen LogP contribution in [0.3, 0.4) is 0 Å². The van der Waals surface area contributed by atoms with Crippen LogP contribution in [0.1, 0.15) is 58.8 Å². The molecule has 138 valence electrons. The highest BCUT2D eigenvalue weighted by molar-refractivity contribution is 5.81.